The number of rotatable bonds is 8. The Hall–Kier alpha value is -4.75. The smallest absolute Gasteiger partial charge is 0.459 e. The van der Waals surface area contributed by atoms with Crippen molar-refractivity contribution in [2.24, 2.45) is 0 Å². The van der Waals surface area contributed by atoms with Gasteiger partial charge in [0.15, 0.2) is 5.78 Å². The van der Waals surface area contributed by atoms with Crippen molar-refractivity contribution in [1.82, 2.24) is 9.66 Å². The fourth-order valence-corrected chi connectivity index (χ4v) is 5.65. The quantitative estimate of drug-likeness (QED) is 0.235. The highest BCUT2D eigenvalue weighted by atomic mass is 31.2. The Morgan fingerprint density at radius 1 is 0.811 bits per heavy atom. The molecule has 0 saturated heterocycles. The van der Waals surface area contributed by atoms with Gasteiger partial charge in [0.05, 0.1) is 10.9 Å². The lowest BCUT2D eigenvalue weighted by Crippen LogP contribution is -2.33. The fourth-order valence-electron chi connectivity index (χ4n) is 3.75. The Balaban J connectivity index is 1.67. The van der Waals surface area contributed by atoms with Gasteiger partial charge < -0.3 is 19.3 Å². The van der Waals surface area contributed by atoms with E-state index in [4.69, 9.17) is 9.05 Å². The Bertz CT molecular complexity index is 1600. The molecule has 1 unspecified atom stereocenters. The first-order valence-corrected chi connectivity index (χ1v) is 12.9. The van der Waals surface area contributed by atoms with Gasteiger partial charge in [-0.15, -0.1) is 0 Å². The molecule has 9 nitrogen and oxygen atoms in total. The molecule has 1 heterocycles. The first-order valence-electron chi connectivity index (χ1n) is 11.3. The molecule has 0 radical (unpaired) electrons. The average molecular weight is 515 g/mol. The number of nitrogens with zero attached hydrogens (tertiary/aromatic N) is 2. The van der Waals surface area contributed by atoms with Crippen LogP contribution in [0.25, 0.3) is 10.9 Å². The summed E-state index contributed by atoms with van der Waals surface area (Å²) in [6.07, 6.45) is 1.25. The van der Waals surface area contributed by atoms with E-state index in [9.17, 15) is 19.6 Å². The predicted molar refractivity (Wildman–Crippen MR) is 140 cm³/mol. The van der Waals surface area contributed by atoms with E-state index in [0.717, 1.165) is 10.7 Å². The molecule has 10 heteroatoms. The minimum atomic E-state index is -4.32. The summed E-state index contributed by atoms with van der Waals surface area (Å²) in [5.74, 6) is -1.50. The lowest BCUT2D eigenvalue weighted by Gasteiger charge is -2.29. The lowest BCUT2D eigenvalue weighted by atomic mass is 10.2. The number of hydrogen-bond acceptors (Lipinski definition) is 8. The number of aromatic hydroxyl groups is 2. The van der Waals surface area contributed by atoms with Crippen LogP contribution in [0.5, 0.6) is 23.0 Å². The van der Waals surface area contributed by atoms with Crippen molar-refractivity contribution >= 4 is 18.5 Å². The van der Waals surface area contributed by atoms with Crippen molar-refractivity contribution in [3.05, 3.63) is 125 Å². The molecule has 1 atom stereocenters. The zero-order valence-corrected chi connectivity index (χ0v) is 20.2. The van der Waals surface area contributed by atoms with Gasteiger partial charge in [-0.25, -0.2) is 14.2 Å². The summed E-state index contributed by atoms with van der Waals surface area (Å²) in [6, 6.07) is 27.4. The lowest BCUT2D eigenvalue weighted by molar-refractivity contribution is 0.369. The van der Waals surface area contributed by atoms with Gasteiger partial charge >= 0.3 is 7.60 Å². The standard InChI is InChI=1S/C27H22N3O6P/c31-19-15-16-23(25(32)17-19)26(29-30-18-28-24-14-8-7-13-22(24)27(30)33)37(34,35-20-9-3-1-4-10-20)36-21-11-5-2-6-12-21/h1-18,26,29,31-32H. The van der Waals surface area contributed by atoms with Gasteiger partial charge in [0.1, 0.15) is 29.3 Å². The highest BCUT2D eigenvalue weighted by molar-refractivity contribution is 7.55. The summed E-state index contributed by atoms with van der Waals surface area (Å²) in [6.45, 7) is 0. The molecule has 0 aliphatic carbocycles. The summed E-state index contributed by atoms with van der Waals surface area (Å²) in [5.41, 5.74) is 2.97. The third-order valence-corrected chi connectivity index (χ3v) is 7.46. The third kappa shape index (κ3) is 5.12. The van der Waals surface area contributed by atoms with Crippen molar-refractivity contribution in [3.8, 4) is 23.0 Å². The molecule has 3 N–H and O–H groups in total. The zero-order valence-electron chi connectivity index (χ0n) is 19.3. The average Bonchev–Trinajstić information content (AvgIpc) is 2.90. The summed E-state index contributed by atoms with van der Waals surface area (Å²) in [4.78, 5) is 17.6. The SMILES string of the molecule is O=c1c2ccccc2ncn1NC(c1ccc(O)cc1O)P(=O)(Oc1ccccc1)Oc1ccccc1. The predicted octanol–water partition coefficient (Wildman–Crippen LogP) is 5.40. The van der Waals surface area contributed by atoms with Crippen LogP contribution in [0.15, 0.2) is 114 Å². The van der Waals surface area contributed by atoms with Gasteiger partial charge in [-0.2, -0.15) is 0 Å². The Kier molecular flexibility index (Phi) is 6.53. The molecular formula is C27H22N3O6P. The third-order valence-electron chi connectivity index (χ3n) is 5.50. The van der Waals surface area contributed by atoms with E-state index in [0.29, 0.717) is 10.9 Å². The number of phenols is 2. The second-order valence-corrected chi connectivity index (χ2v) is 10.0. The molecule has 0 fully saturated rings. The molecule has 0 amide bonds. The van der Waals surface area contributed by atoms with E-state index in [-0.39, 0.29) is 28.6 Å². The highest BCUT2D eigenvalue weighted by Gasteiger charge is 2.43. The summed E-state index contributed by atoms with van der Waals surface area (Å²) in [5, 5.41) is 20.9. The van der Waals surface area contributed by atoms with Gasteiger partial charge in [0.2, 0.25) is 0 Å². The number of para-hydroxylation sites is 3. The molecule has 5 aromatic rings. The molecule has 0 saturated carbocycles. The number of aromatic nitrogens is 2. The number of nitrogens with one attached hydrogen (secondary N) is 1. The van der Waals surface area contributed by atoms with E-state index in [1.54, 1.807) is 84.9 Å². The summed E-state index contributed by atoms with van der Waals surface area (Å²) >= 11 is 0. The van der Waals surface area contributed by atoms with Gasteiger partial charge in [-0.05, 0) is 48.5 Å². The molecule has 0 aliphatic rings. The van der Waals surface area contributed by atoms with Crippen molar-refractivity contribution < 1.29 is 23.8 Å². The number of hydrogen-bond donors (Lipinski definition) is 3. The topological polar surface area (TPSA) is 123 Å². The Morgan fingerprint density at radius 2 is 1.41 bits per heavy atom. The zero-order chi connectivity index (χ0) is 25.8. The van der Waals surface area contributed by atoms with Gasteiger partial charge in [0, 0.05) is 11.6 Å². The molecule has 0 spiro atoms. The highest BCUT2D eigenvalue weighted by Crippen LogP contribution is 2.60. The van der Waals surface area contributed by atoms with Crippen LogP contribution in [-0.4, -0.2) is 19.9 Å². The van der Waals surface area contributed by atoms with E-state index in [1.807, 2.05) is 0 Å². The minimum absolute atomic E-state index is 0.0630. The summed E-state index contributed by atoms with van der Waals surface area (Å²) < 4.78 is 27.7. The molecule has 1 aromatic heterocycles. The number of fused-ring (bicyclic) bond motifs is 1. The minimum Gasteiger partial charge on any atom is -0.508 e. The van der Waals surface area contributed by atoms with Crippen LogP contribution in [0.4, 0.5) is 0 Å². The van der Waals surface area contributed by atoms with Crippen LogP contribution < -0.4 is 20.0 Å². The molecule has 0 bridgehead atoms. The van der Waals surface area contributed by atoms with Crippen molar-refractivity contribution in [1.29, 1.82) is 0 Å². The van der Waals surface area contributed by atoms with Crippen LogP contribution in [0, 0.1) is 0 Å². The van der Waals surface area contributed by atoms with Crippen LogP contribution >= 0.6 is 7.60 Å². The molecule has 0 aliphatic heterocycles. The van der Waals surface area contributed by atoms with Gasteiger partial charge in [0.25, 0.3) is 5.56 Å². The van der Waals surface area contributed by atoms with Gasteiger partial charge in [-0.3, -0.25) is 10.2 Å². The maximum absolute atomic E-state index is 14.7. The van der Waals surface area contributed by atoms with E-state index >= 15 is 0 Å². The van der Waals surface area contributed by atoms with Crippen molar-refractivity contribution in [2.45, 2.75) is 5.78 Å². The second kappa shape index (κ2) is 10.1. The van der Waals surface area contributed by atoms with Crippen LogP contribution in [0.1, 0.15) is 11.3 Å². The van der Waals surface area contributed by atoms with E-state index < -0.39 is 18.9 Å². The molecule has 37 heavy (non-hydrogen) atoms. The maximum atomic E-state index is 14.7. The summed E-state index contributed by atoms with van der Waals surface area (Å²) in [7, 11) is -4.32. The van der Waals surface area contributed by atoms with Crippen LogP contribution in [0.2, 0.25) is 0 Å². The first-order chi connectivity index (χ1) is 17.9. The van der Waals surface area contributed by atoms with Crippen LogP contribution in [0.3, 0.4) is 0 Å². The molecular weight excluding hydrogens is 493 g/mol. The largest absolute Gasteiger partial charge is 0.508 e. The first kappa shape index (κ1) is 24.0. The van der Waals surface area contributed by atoms with Crippen LogP contribution in [-0.2, 0) is 4.57 Å². The van der Waals surface area contributed by atoms with E-state index in [1.165, 1.54) is 18.5 Å². The van der Waals surface area contributed by atoms with Crippen molar-refractivity contribution in [3.63, 3.8) is 0 Å². The van der Waals surface area contributed by atoms with Gasteiger partial charge in [-0.1, -0.05) is 48.5 Å². The molecule has 5 rings (SSSR count). The van der Waals surface area contributed by atoms with Crippen molar-refractivity contribution in [2.75, 3.05) is 5.43 Å². The number of benzene rings is 4. The number of phenolic OH excluding ortho intramolecular Hbond substituents is 2. The van der Waals surface area contributed by atoms with E-state index in [2.05, 4.69) is 10.4 Å². The second-order valence-electron chi connectivity index (χ2n) is 8.06. The monoisotopic (exact) mass is 515 g/mol. The Labute approximate surface area is 211 Å². The maximum Gasteiger partial charge on any atom is 0.459 e. The fraction of sp³-hybridized carbons (Fsp3) is 0.0370. The Morgan fingerprint density at radius 3 is 2.03 bits per heavy atom. The molecule has 4 aromatic carbocycles. The normalized spacial score (nSPS) is 12.1. The molecule has 186 valence electrons.